The largest absolute Gasteiger partial charge is 0.494 e. The molecule has 6 N–H and O–H groups in total. The molecule has 13 heteroatoms. The third kappa shape index (κ3) is 5.17. The molecule has 4 aromatic rings. The first-order chi connectivity index (χ1) is 16.2. The maximum Gasteiger partial charge on any atom is 0.238 e. The van der Waals surface area contributed by atoms with E-state index in [-0.39, 0.29) is 16.3 Å². The van der Waals surface area contributed by atoms with Crippen molar-refractivity contribution in [1.29, 1.82) is 0 Å². The highest BCUT2D eigenvalue weighted by molar-refractivity contribution is 7.89. The van der Waals surface area contributed by atoms with Crippen molar-refractivity contribution in [3.8, 4) is 5.75 Å². The van der Waals surface area contributed by atoms with Crippen LogP contribution in [0.3, 0.4) is 0 Å². The van der Waals surface area contributed by atoms with Crippen molar-refractivity contribution in [1.82, 2.24) is 4.98 Å². The number of nitrogens with two attached hydrogens (primary N) is 3. The first-order valence-corrected chi connectivity index (χ1v) is 12.3. The van der Waals surface area contributed by atoms with Crippen molar-refractivity contribution < 1.29 is 13.2 Å². The summed E-state index contributed by atoms with van der Waals surface area (Å²) in [6.45, 7) is 2.49. The zero-order chi connectivity index (χ0) is 24.3. The molecule has 1 heterocycles. The highest BCUT2D eigenvalue weighted by Crippen LogP contribution is 2.39. The van der Waals surface area contributed by atoms with Crippen molar-refractivity contribution in [3.63, 3.8) is 0 Å². The molecule has 0 unspecified atom stereocenters. The van der Waals surface area contributed by atoms with Crippen molar-refractivity contribution in [2.24, 2.45) is 25.6 Å². The lowest BCUT2D eigenvalue weighted by molar-refractivity contribution is 0.341. The molecular weight excluding hydrogens is 476 g/mol. The number of hydrogen-bond donors (Lipinski definition) is 3. The monoisotopic (exact) mass is 496 g/mol. The molecule has 3 aromatic carbocycles. The predicted molar refractivity (Wildman–Crippen MR) is 132 cm³/mol. The molecule has 0 fully saturated rings. The summed E-state index contributed by atoms with van der Waals surface area (Å²) < 4.78 is 29.1. The zero-order valence-corrected chi connectivity index (χ0v) is 19.5. The third-order valence-electron chi connectivity index (χ3n) is 4.56. The highest BCUT2D eigenvalue weighted by atomic mass is 32.2. The molecule has 0 bridgehead atoms. The van der Waals surface area contributed by atoms with E-state index in [4.69, 9.17) is 21.3 Å². The second kappa shape index (κ2) is 9.51. The van der Waals surface area contributed by atoms with Crippen LogP contribution in [0.5, 0.6) is 5.75 Å². The van der Waals surface area contributed by atoms with E-state index in [0.717, 1.165) is 16.0 Å². The van der Waals surface area contributed by atoms with Crippen molar-refractivity contribution in [3.05, 3.63) is 54.6 Å². The van der Waals surface area contributed by atoms with Gasteiger partial charge in [-0.2, -0.15) is 5.11 Å². The van der Waals surface area contributed by atoms with Crippen LogP contribution in [0.1, 0.15) is 6.92 Å². The Bertz CT molecular complexity index is 1510. The molecule has 174 valence electrons. The van der Waals surface area contributed by atoms with Gasteiger partial charge in [0.1, 0.15) is 17.1 Å². The average molecular weight is 497 g/mol. The second-order valence-electron chi connectivity index (χ2n) is 6.93. The van der Waals surface area contributed by atoms with Crippen LogP contribution < -0.4 is 21.3 Å². The van der Waals surface area contributed by atoms with Crippen LogP contribution in [0.25, 0.3) is 10.2 Å². The second-order valence-corrected chi connectivity index (χ2v) is 9.50. The summed E-state index contributed by atoms with van der Waals surface area (Å²) in [6.07, 6.45) is 0. The van der Waals surface area contributed by atoms with Crippen molar-refractivity contribution >= 4 is 65.1 Å². The van der Waals surface area contributed by atoms with Crippen LogP contribution in [0.2, 0.25) is 0 Å². The van der Waals surface area contributed by atoms with E-state index in [2.05, 4.69) is 25.4 Å². The number of primary sulfonamides is 1. The van der Waals surface area contributed by atoms with E-state index in [9.17, 15) is 8.42 Å². The summed E-state index contributed by atoms with van der Waals surface area (Å²) in [5.41, 5.74) is 14.5. The molecule has 0 radical (unpaired) electrons. The van der Waals surface area contributed by atoms with E-state index in [1.54, 1.807) is 12.1 Å². The Morgan fingerprint density at radius 3 is 2.44 bits per heavy atom. The third-order valence-corrected chi connectivity index (χ3v) is 6.39. The zero-order valence-electron chi connectivity index (χ0n) is 17.9. The minimum atomic E-state index is -3.79. The SMILES string of the molecule is CCOc1ccc2nc(N=Nc3c(N)ccc(N=Nc4ccc(S(N)(=O)=O)cc4)c3N)sc2c1. The fourth-order valence-corrected chi connectivity index (χ4v) is 4.24. The van der Waals surface area contributed by atoms with Gasteiger partial charge in [-0.3, -0.25) is 0 Å². The normalized spacial score (nSPS) is 12.2. The molecule has 0 saturated heterocycles. The molecule has 1 aromatic heterocycles. The predicted octanol–water partition coefficient (Wildman–Crippen LogP) is 5.34. The lowest BCUT2D eigenvalue weighted by Gasteiger charge is -2.05. The Labute approximate surface area is 199 Å². The van der Waals surface area contributed by atoms with Crippen LogP contribution in [-0.2, 0) is 10.0 Å². The van der Waals surface area contributed by atoms with Gasteiger partial charge >= 0.3 is 0 Å². The summed E-state index contributed by atoms with van der Waals surface area (Å²) in [4.78, 5) is 4.42. The molecule has 0 amide bonds. The number of nitrogen functional groups attached to an aromatic ring is 2. The van der Waals surface area contributed by atoms with Gasteiger partial charge in [0.15, 0.2) is 0 Å². The van der Waals surface area contributed by atoms with Gasteiger partial charge in [0.05, 0.1) is 38.8 Å². The molecule has 0 aliphatic heterocycles. The van der Waals surface area contributed by atoms with Crippen LogP contribution in [0.4, 0.5) is 33.6 Å². The molecule has 0 aliphatic carbocycles. The minimum Gasteiger partial charge on any atom is -0.494 e. The highest BCUT2D eigenvalue weighted by Gasteiger charge is 2.11. The number of rotatable bonds is 7. The number of hydrogen-bond acceptors (Lipinski definition) is 11. The number of anilines is 2. The first-order valence-electron chi connectivity index (χ1n) is 9.92. The smallest absolute Gasteiger partial charge is 0.238 e. The number of nitrogens with zero attached hydrogens (tertiary/aromatic N) is 5. The fraction of sp³-hybridized carbons (Fsp3) is 0.0952. The quantitative estimate of drug-likeness (QED) is 0.229. The molecule has 11 nitrogen and oxygen atoms in total. The number of benzene rings is 3. The van der Waals surface area contributed by atoms with Crippen LogP contribution >= 0.6 is 11.3 Å². The Hall–Kier alpha value is -3.94. The van der Waals surface area contributed by atoms with Gasteiger partial charge < -0.3 is 16.2 Å². The molecule has 0 saturated carbocycles. The number of ether oxygens (including phenoxy) is 1. The lowest BCUT2D eigenvalue weighted by Crippen LogP contribution is -2.11. The summed E-state index contributed by atoms with van der Waals surface area (Å²) in [5.74, 6) is 0.757. The van der Waals surface area contributed by atoms with Gasteiger partial charge in [-0.1, -0.05) is 11.3 Å². The molecule has 0 aliphatic rings. The van der Waals surface area contributed by atoms with E-state index in [1.807, 2.05) is 25.1 Å². The number of azo groups is 2. The Morgan fingerprint density at radius 1 is 0.971 bits per heavy atom. The Morgan fingerprint density at radius 2 is 1.74 bits per heavy atom. The van der Waals surface area contributed by atoms with Gasteiger partial charge in [-0.05, 0) is 61.5 Å². The van der Waals surface area contributed by atoms with E-state index >= 15 is 0 Å². The topological polar surface area (TPSA) is 184 Å². The minimum absolute atomic E-state index is 0.0230. The molecular formula is C21H20N8O3S2. The molecule has 34 heavy (non-hydrogen) atoms. The maximum atomic E-state index is 11.4. The van der Waals surface area contributed by atoms with Gasteiger partial charge in [0.2, 0.25) is 15.2 Å². The number of fused-ring (bicyclic) bond motifs is 1. The average Bonchev–Trinajstić information content (AvgIpc) is 3.20. The summed E-state index contributed by atoms with van der Waals surface area (Å²) >= 11 is 1.36. The fourth-order valence-electron chi connectivity index (χ4n) is 2.91. The van der Waals surface area contributed by atoms with Crippen molar-refractivity contribution in [2.75, 3.05) is 18.1 Å². The number of thiazole rings is 1. The Kier molecular flexibility index (Phi) is 6.49. The van der Waals surface area contributed by atoms with Crippen molar-refractivity contribution in [2.45, 2.75) is 11.8 Å². The van der Waals surface area contributed by atoms with E-state index in [0.29, 0.717) is 28.8 Å². The number of sulfonamides is 1. The van der Waals surface area contributed by atoms with Gasteiger partial charge in [0.25, 0.3) is 0 Å². The van der Waals surface area contributed by atoms with Crippen LogP contribution in [0.15, 0.2) is 79.9 Å². The summed E-state index contributed by atoms with van der Waals surface area (Å²) in [6, 6.07) is 14.4. The van der Waals surface area contributed by atoms with Crippen LogP contribution in [-0.4, -0.2) is 20.0 Å². The van der Waals surface area contributed by atoms with E-state index in [1.165, 1.54) is 35.6 Å². The lowest BCUT2D eigenvalue weighted by atomic mass is 10.2. The molecule has 4 rings (SSSR count). The maximum absolute atomic E-state index is 11.4. The van der Waals surface area contributed by atoms with E-state index < -0.39 is 10.0 Å². The summed E-state index contributed by atoms with van der Waals surface area (Å²) in [7, 11) is -3.79. The van der Waals surface area contributed by atoms with Gasteiger partial charge in [-0.25, -0.2) is 18.5 Å². The van der Waals surface area contributed by atoms with Gasteiger partial charge in [-0.15, -0.1) is 15.3 Å². The van der Waals surface area contributed by atoms with Crippen LogP contribution in [0, 0.1) is 0 Å². The standard InChI is InChI=1S/C21H20N8O3S2/c1-2-32-13-5-9-16-18(11-13)33-21(25-16)29-28-20-15(22)8-10-17(19(20)23)27-26-12-3-6-14(7-4-12)34(24,30)31/h3-11H,2,22-23H2,1H3,(H2,24,30,31). The Balaban J connectivity index is 1.58. The molecule has 0 atom stereocenters. The number of aromatic nitrogens is 1. The molecule has 0 spiro atoms. The first kappa shape index (κ1) is 23.2. The summed E-state index contributed by atoms with van der Waals surface area (Å²) in [5, 5.41) is 22.1. The van der Waals surface area contributed by atoms with Gasteiger partial charge in [0, 0.05) is 0 Å².